The van der Waals surface area contributed by atoms with E-state index < -0.39 is 5.54 Å². The average Bonchev–Trinajstić information content (AvgIpc) is 3.02. The molecule has 0 bridgehead atoms. The van der Waals surface area contributed by atoms with Gasteiger partial charge in [-0.15, -0.1) is 0 Å². The van der Waals surface area contributed by atoms with E-state index in [0.717, 1.165) is 42.7 Å². The van der Waals surface area contributed by atoms with Crippen molar-refractivity contribution < 1.29 is 9.53 Å². The van der Waals surface area contributed by atoms with Crippen molar-refractivity contribution in [2.24, 2.45) is 5.73 Å². The number of carbonyl (C=O) groups excluding carboxylic acids is 1. The number of carbonyl (C=O) groups is 1. The summed E-state index contributed by atoms with van der Waals surface area (Å²) in [7, 11) is 0. The average molecular weight is 310 g/mol. The van der Waals surface area contributed by atoms with Crippen LogP contribution in [0.5, 0.6) is 11.5 Å². The van der Waals surface area contributed by atoms with E-state index in [4.69, 9.17) is 10.5 Å². The molecule has 0 radical (unpaired) electrons. The van der Waals surface area contributed by atoms with Gasteiger partial charge in [0.15, 0.2) is 0 Å². The van der Waals surface area contributed by atoms with E-state index in [1.807, 2.05) is 54.6 Å². The highest BCUT2D eigenvalue weighted by Gasteiger charge is 2.36. The van der Waals surface area contributed by atoms with Gasteiger partial charge in [0.2, 0.25) is 5.91 Å². The third-order valence-electron chi connectivity index (χ3n) is 4.28. The number of hydrogen-bond donors (Lipinski definition) is 2. The third kappa shape index (κ3) is 3.90. The topological polar surface area (TPSA) is 64.4 Å². The van der Waals surface area contributed by atoms with Crippen LogP contribution in [0.25, 0.3) is 0 Å². The van der Waals surface area contributed by atoms with Crippen molar-refractivity contribution >= 4 is 5.91 Å². The maximum atomic E-state index is 12.2. The molecule has 1 aliphatic rings. The highest BCUT2D eigenvalue weighted by molar-refractivity contribution is 5.86. The third-order valence-corrected chi connectivity index (χ3v) is 4.28. The smallest absolute Gasteiger partial charge is 0.240 e. The fourth-order valence-electron chi connectivity index (χ4n) is 2.93. The lowest BCUT2D eigenvalue weighted by Gasteiger charge is -2.22. The number of nitrogens with one attached hydrogen (secondary N) is 1. The molecule has 0 spiro atoms. The lowest BCUT2D eigenvalue weighted by atomic mass is 9.98. The molecule has 23 heavy (non-hydrogen) atoms. The molecule has 0 heterocycles. The summed E-state index contributed by atoms with van der Waals surface area (Å²) in [5.41, 5.74) is 6.47. The van der Waals surface area contributed by atoms with Crippen molar-refractivity contribution in [1.82, 2.24) is 5.32 Å². The second-order valence-electron chi connectivity index (χ2n) is 6.11. The highest BCUT2D eigenvalue weighted by atomic mass is 16.5. The zero-order valence-electron chi connectivity index (χ0n) is 13.1. The largest absolute Gasteiger partial charge is 0.457 e. The predicted octanol–water partition coefficient (Wildman–Crippen LogP) is 3.37. The Hall–Kier alpha value is -2.33. The van der Waals surface area contributed by atoms with Gasteiger partial charge in [0, 0.05) is 6.54 Å². The van der Waals surface area contributed by atoms with Gasteiger partial charge in [0.1, 0.15) is 11.5 Å². The van der Waals surface area contributed by atoms with Crippen LogP contribution in [0.2, 0.25) is 0 Å². The molecule has 0 atom stereocenters. The maximum absolute atomic E-state index is 12.2. The van der Waals surface area contributed by atoms with Crippen molar-refractivity contribution in [2.45, 2.75) is 37.8 Å². The fraction of sp³-hybridized carbons (Fsp3) is 0.316. The molecule has 2 aromatic carbocycles. The number of ether oxygens (including phenoxy) is 1. The molecule has 1 fully saturated rings. The van der Waals surface area contributed by atoms with Crippen LogP contribution in [0.1, 0.15) is 31.2 Å². The summed E-state index contributed by atoms with van der Waals surface area (Å²) in [4.78, 5) is 12.2. The monoisotopic (exact) mass is 310 g/mol. The minimum atomic E-state index is -0.682. The molecule has 0 aliphatic heterocycles. The molecule has 1 amide bonds. The first-order valence-electron chi connectivity index (χ1n) is 8.05. The molecule has 120 valence electrons. The van der Waals surface area contributed by atoms with Crippen LogP contribution in [0.15, 0.2) is 54.6 Å². The lowest BCUT2D eigenvalue weighted by Crippen LogP contribution is -2.51. The second-order valence-corrected chi connectivity index (χ2v) is 6.11. The minimum absolute atomic E-state index is 0.0515. The standard InChI is InChI=1S/C19H22N2O2/c20-19(11-4-5-12-19)18(22)21-14-15-7-6-10-17(13-15)23-16-8-2-1-3-9-16/h1-3,6-10,13H,4-5,11-12,14,20H2,(H,21,22). The Bertz CT molecular complexity index is 664. The summed E-state index contributed by atoms with van der Waals surface area (Å²) >= 11 is 0. The summed E-state index contributed by atoms with van der Waals surface area (Å²) in [6.07, 6.45) is 3.61. The second kappa shape index (κ2) is 6.84. The molecule has 1 saturated carbocycles. The van der Waals surface area contributed by atoms with Crippen molar-refractivity contribution in [3.8, 4) is 11.5 Å². The number of rotatable bonds is 5. The Kier molecular flexibility index (Phi) is 4.63. The molecule has 0 unspecified atom stereocenters. The van der Waals surface area contributed by atoms with Crippen LogP contribution in [0, 0.1) is 0 Å². The van der Waals surface area contributed by atoms with Gasteiger partial charge in [0.25, 0.3) is 0 Å². The van der Waals surface area contributed by atoms with Crippen LogP contribution in [0.3, 0.4) is 0 Å². The van der Waals surface area contributed by atoms with Crippen LogP contribution < -0.4 is 15.8 Å². The van der Waals surface area contributed by atoms with Crippen LogP contribution in [0.4, 0.5) is 0 Å². The molecule has 2 aromatic rings. The lowest BCUT2D eigenvalue weighted by molar-refractivity contribution is -0.126. The van der Waals surface area contributed by atoms with Gasteiger partial charge >= 0.3 is 0 Å². The van der Waals surface area contributed by atoms with Crippen LogP contribution in [-0.4, -0.2) is 11.4 Å². The molecule has 3 rings (SSSR count). The van der Waals surface area contributed by atoms with Crippen molar-refractivity contribution in [3.63, 3.8) is 0 Å². The summed E-state index contributed by atoms with van der Waals surface area (Å²) in [6, 6.07) is 17.4. The van der Waals surface area contributed by atoms with Gasteiger partial charge in [-0.25, -0.2) is 0 Å². The fourth-order valence-corrected chi connectivity index (χ4v) is 2.93. The number of amides is 1. The Balaban J connectivity index is 1.60. The van der Waals surface area contributed by atoms with Gasteiger partial charge < -0.3 is 15.8 Å². The SMILES string of the molecule is NC1(C(=O)NCc2cccc(Oc3ccccc3)c2)CCCC1. The van der Waals surface area contributed by atoms with Crippen LogP contribution >= 0.6 is 0 Å². The van der Waals surface area contributed by atoms with E-state index in [1.165, 1.54) is 0 Å². The number of hydrogen-bond acceptors (Lipinski definition) is 3. The number of nitrogens with two attached hydrogens (primary N) is 1. The Labute approximate surface area is 136 Å². The van der Waals surface area contributed by atoms with E-state index in [2.05, 4.69) is 5.32 Å². The van der Waals surface area contributed by atoms with Gasteiger partial charge in [-0.05, 0) is 42.7 Å². The molecule has 0 aromatic heterocycles. The highest BCUT2D eigenvalue weighted by Crippen LogP contribution is 2.27. The van der Waals surface area contributed by atoms with E-state index in [0.29, 0.717) is 6.54 Å². The van der Waals surface area contributed by atoms with Crippen LogP contribution in [-0.2, 0) is 11.3 Å². The van der Waals surface area contributed by atoms with Crippen molar-refractivity contribution in [1.29, 1.82) is 0 Å². The molecule has 3 N–H and O–H groups in total. The summed E-state index contributed by atoms with van der Waals surface area (Å²) in [6.45, 7) is 0.462. The van der Waals surface area contributed by atoms with Crippen molar-refractivity contribution in [2.75, 3.05) is 0 Å². The Morgan fingerprint density at radius 3 is 2.48 bits per heavy atom. The van der Waals surface area contributed by atoms with Gasteiger partial charge in [-0.1, -0.05) is 43.2 Å². The quantitative estimate of drug-likeness (QED) is 0.890. The Morgan fingerprint density at radius 1 is 1.04 bits per heavy atom. The Morgan fingerprint density at radius 2 is 1.74 bits per heavy atom. The van der Waals surface area contributed by atoms with Gasteiger partial charge in [0.05, 0.1) is 5.54 Å². The molecule has 0 saturated heterocycles. The predicted molar refractivity (Wildman–Crippen MR) is 90.2 cm³/mol. The van der Waals surface area contributed by atoms with E-state index in [1.54, 1.807) is 0 Å². The van der Waals surface area contributed by atoms with Gasteiger partial charge in [-0.2, -0.15) is 0 Å². The first-order chi connectivity index (χ1) is 11.2. The zero-order chi connectivity index (χ0) is 16.1. The molecule has 1 aliphatic carbocycles. The summed E-state index contributed by atoms with van der Waals surface area (Å²) in [5.74, 6) is 1.50. The molecular formula is C19H22N2O2. The van der Waals surface area contributed by atoms with E-state index in [9.17, 15) is 4.79 Å². The summed E-state index contributed by atoms with van der Waals surface area (Å²) < 4.78 is 5.81. The zero-order valence-corrected chi connectivity index (χ0v) is 13.1. The molecule has 4 heteroatoms. The van der Waals surface area contributed by atoms with Crippen molar-refractivity contribution in [3.05, 3.63) is 60.2 Å². The minimum Gasteiger partial charge on any atom is -0.457 e. The first-order valence-corrected chi connectivity index (χ1v) is 8.05. The summed E-state index contributed by atoms with van der Waals surface area (Å²) in [5, 5.41) is 2.95. The van der Waals surface area contributed by atoms with E-state index in [-0.39, 0.29) is 5.91 Å². The molecular weight excluding hydrogens is 288 g/mol. The maximum Gasteiger partial charge on any atom is 0.240 e. The normalized spacial score (nSPS) is 16.0. The van der Waals surface area contributed by atoms with E-state index >= 15 is 0 Å². The number of para-hydroxylation sites is 1. The molecule has 4 nitrogen and oxygen atoms in total. The van der Waals surface area contributed by atoms with Gasteiger partial charge in [-0.3, -0.25) is 4.79 Å². The first kappa shape index (κ1) is 15.6. The number of benzene rings is 2.